The lowest BCUT2D eigenvalue weighted by atomic mass is 10.0. The van der Waals surface area contributed by atoms with Crippen LogP contribution in [0.4, 0.5) is 0 Å². The molecule has 1 aliphatic heterocycles. The van der Waals surface area contributed by atoms with E-state index in [9.17, 15) is 0 Å². The summed E-state index contributed by atoms with van der Waals surface area (Å²) in [4.78, 5) is 2.81. The zero-order chi connectivity index (χ0) is 12.8. The Labute approximate surface area is 114 Å². The van der Waals surface area contributed by atoms with E-state index in [1.54, 1.807) is 0 Å². The molecule has 0 spiro atoms. The fourth-order valence-electron chi connectivity index (χ4n) is 3.74. The summed E-state index contributed by atoms with van der Waals surface area (Å²) in [6.07, 6.45) is 11.3. The quantitative estimate of drug-likeness (QED) is 0.754. The summed E-state index contributed by atoms with van der Waals surface area (Å²) in [6, 6.07) is 1.65. The molecule has 0 amide bonds. The molecule has 3 unspecified atom stereocenters. The normalized spacial score (nSPS) is 33.8. The van der Waals surface area contributed by atoms with E-state index >= 15 is 0 Å². The van der Waals surface area contributed by atoms with Crippen molar-refractivity contribution >= 4 is 0 Å². The molecule has 2 fully saturated rings. The van der Waals surface area contributed by atoms with Crippen molar-refractivity contribution in [2.75, 3.05) is 19.6 Å². The van der Waals surface area contributed by atoms with Gasteiger partial charge in [-0.1, -0.05) is 26.7 Å². The Hall–Kier alpha value is -0.0800. The lowest BCUT2D eigenvalue weighted by Gasteiger charge is -2.33. The molecule has 106 valence electrons. The molecule has 1 saturated heterocycles. The third-order valence-corrected chi connectivity index (χ3v) is 4.87. The molecular weight excluding hydrogens is 220 g/mol. The molecular formula is C16H32N2. The smallest absolute Gasteiger partial charge is 0.0195 e. The van der Waals surface area contributed by atoms with Gasteiger partial charge in [0.25, 0.3) is 0 Å². The van der Waals surface area contributed by atoms with E-state index in [0.29, 0.717) is 0 Å². The Morgan fingerprint density at radius 3 is 2.67 bits per heavy atom. The van der Waals surface area contributed by atoms with Crippen molar-refractivity contribution in [2.45, 2.75) is 77.3 Å². The molecule has 0 bridgehead atoms. The molecule has 1 N–H and O–H groups in total. The zero-order valence-corrected chi connectivity index (χ0v) is 12.5. The highest BCUT2D eigenvalue weighted by molar-refractivity contribution is 4.83. The summed E-state index contributed by atoms with van der Waals surface area (Å²) in [5.41, 5.74) is 0. The van der Waals surface area contributed by atoms with Crippen molar-refractivity contribution in [1.29, 1.82) is 0 Å². The first kappa shape index (κ1) is 14.3. The summed E-state index contributed by atoms with van der Waals surface area (Å²) >= 11 is 0. The molecule has 2 nitrogen and oxygen atoms in total. The van der Waals surface area contributed by atoms with Crippen LogP contribution in [0.5, 0.6) is 0 Å². The van der Waals surface area contributed by atoms with E-state index < -0.39 is 0 Å². The first-order valence-electron chi connectivity index (χ1n) is 8.27. The molecule has 0 aromatic carbocycles. The van der Waals surface area contributed by atoms with E-state index in [1.165, 1.54) is 71.0 Å². The molecule has 2 aliphatic rings. The first-order chi connectivity index (χ1) is 8.79. The number of nitrogens with zero attached hydrogens (tertiary/aromatic N) is 1. The zero-order valence-electron chi connectivity index (χ0n) is 12.5. The second-order valence-corrected chi connectivity index (χ2v) is 6.56. The molecule has 0 aromatic rings. The predicted octanol–water partition coefficient (Wildman–Crippen LogP) is 3.42. The summed E-state index contributed by atoms with van der Waals surface area (Å²) in [7, 11) is 0. The van der Waals surface area contributed by atoms with Gasteiger partial charge in [-0.05, 0) is 57.5 Å². The van der Waals surface area contributed by atoms with Crippen molar-refractivity contribution in [1.82, 2.24) is 10.2 Å². The van der Waals surface area contributed by atoms with Crippen LogP contribution < -0.4 is 5.32 Å². The van der Waals surface area contributed by atoms with Crippen molar-refractivity contribution in [3.8, 4) is 0 Å². The van der Waals surface area contributed by atoms with Crippen LogP contribution in [0.3, 0.4) is 0 Å². The van der Waals surface area contributed by atoms with Crippen LogP contribution in [0.1, 0.15) is 65.2 Å². The van der Waals surface area contributed by atoms with Gasteiger partial charge in [0.2, 0.25) is 0 Å². The number of rotatable bonds is 5. The fourth-order valence-corrected chi connectivity index (χ4v) is 3.74. The van der Waals surface area contributed by atoms with Gasteiger partial charge in [-0.2, -0.15) is 0 Å². The summed E-state index contributed by atoms with van der Waals surface area (Å²) < 4.78 is 0. The highest BCUT2D eigenvalue weighted by Crippen LogP contribution is 2.26. The fraction of sp³-hybridized carbons (Fsp3) is 1.00. The Balaban J connectivity index is 1.86. The van der Waals surface area contributed by atoms with E-state index in [2.05, 4.69) is 24.1 Å². The van der Waals surface area contributed by atoms with E-state index in [4.69, 9.17) is 0 Å². The van der Waals surface area contributed by atoms with Crippen molar-refractivity contribution < 1.29 is 0 Å². The van der Waals surface area contributed by atoms with Crippen LogP contribution in [0, 0.1) is 5.92 Å². The van der Waals surface area contributed by atoms with Gasteiger partial charge in [0.05, 0.1) is 0 Å². The Morgan fingerprint density at radius 2 is 1.94 bits per heavy atom. The maximum absolute atomic E-state index is 3.67. The lowest BCUT2D eigenvalue weighted by molar-refractivity contribution is 0.163. The minimum Gasteiger partial charge on any atom is -0.313 e. The van der Waals surface area contributed by atoms with Crippen LogP contribution in [0.15, 0.2) is 0 Å². The van der Waals surface area contributed by atoms with Crippen LogP contribution in [-0.4, -0.2) is 36.6 Å². The van der Waals surface area contributed by atoms with Gasteiger partial charge in [0, 0.05) is 18.6 Å². The first-order valence-corrected chi connectivity index (χ1v) is 8.27. The summed E-state index contributed by atoms with van der Waals surface area (Å²) in [6.45, 7) is 8.61. The molecule has 1 heterocycles. The molecule has 0 radical (unpaired) electrons. The average Bonchev–Trinajstić information content (AvgIpc) is 2.77. The van der Waals surface area contributed by atoms with Crippen molar-refractivity contribution in [2.24, 2.45) is 5.92 Å². The third kappa shape index (κ3) is 4.24. The summed E-state index contributed by atoms with van der Waals surface area (Å²) in [5.74, 6) is 0.961. The molecule has 2 rings (SSSR count). The van der Waals surface area contributed by atoms with Gasteiger partial charge in [0.15, 0.2) is 0 Å². The molecule has 1 aliphatic carbocycles. The lowest BCUT2D eigenvalue weighted by Crippen LogP contribution is -2.43. The van der Waals surface area contributed by atoms with Crippen LogP contribution in [0.2, 0.25) is 0 Å². The minimum atomic E-state index is 0.775. The number of hydrogen-bond acceptors (Lipinski definition) is 2. The second-order valence-electron chi connectivity index (χ2n) is 6.56. The number of hydrogen-bond donors (Lipinski definition) is 1. The van der Waals surface area contributed by atoms with Crippen LogP contribution in [0.25, 0.3) is 0 Å². The SMILES string of the molecule is CCCN(CC1CCCN1)C1CCCC(C)CC1. The predicted molar refractivity (Wildman–Crippen MR) is 78.9 cm³/mol. The van der Waals surface area contributed by atoms with Crippen LogP contribution in [-0.2, 0) is 0 Å². The number of nitrogens with one attached hydrogen (secondary N) is 1. The summed E-state index contributed by atoms with van der Waals surface area (Å²) in [5, 5.41) is 3.67. The maximum Gasteiger partial charge on any atom is 0.0195 e. The Kier molecular flexibility index (Phi) is 5.97. The van der Waals surface area contributed by atoms with E-state index in [0.717, 1.165) is 18.0 Å². The van der Waals surface area contributed by atoms with Gasteiger partial charge in [-0.15, -0.1) is 0 Å². The van der Waals surface area contributed by atoms with Crippen molar-refractivity contribution in [3.63, 3.8) is 0 Å². The van der Waals surface area contributed by atoms with E-state index in [-0.39, 0.29) is 0 Å². The molecule has 0 aromatic heterocycles. The largest absolute Gasteiger partial charge is 0.313 e. The Bertz CT molecular complexity index is 223. The molecule has 3 atom stereocenters. The van der Waals surface area contributed by atoms with Gasteiger partial charge in [-0.25, -0.2) is 0 Å². The minimum absolute atomic E-state index is 0.775. The topological polar surface area (TPSA) is 15.3 Å². The third-order valence-electron chi connectivity index (χ3n) is 4.87. The van der Waals surface area contributed by atoms with Crippen LogP contribution >= 0.6 is 0 Å². The average molecular weight is 252 g/mol. The Morgan fingerprint density at radius 1 is 1.06 bits per heavy atom. The van der Waals surface area contributed by atoms with Gasteiger partial charge >= 0.3 is 0 Å². The highest BCUT2D eigenvalue weighted by atomic mass is 15.2. The molecule has 18 heavy (non-hydrogen) atoms. The van der Waals surface area contributed by atoms with Crippen molar-refractivity contribution in [3.05, 3.63) is 0 Å². The van der Waals surface area contributed by atoms with Gasteiger partial charge in [-0.3, -0.25) is 4.90 Å². The van der Waals surface area contributed by atoms with Gasteiger partial charge < -0.3 is 5.32 Å². The maximum atomic E-state index is 3.67. The van der Waals surface area contributed by atoms with E-state index in [1.807, 2.05) is 0 Å². The second kappa shape index (κ2) is 7.49. The standard InChI is InChI=1S/C16H32N2/c1-3-12-18(13-15-7-5-11-17-15)16-8-4-6-14(2)9-10-16/h14-17H,3-13H2,1-2H3. The molecule has 1 saturated carbocycles. The van der Waals surface area contributed by atoms with Gasteiger partial charge in [0.1, 0.15) is 0 Å². The molecule has 2 heteroatoms. The monoisotopic (exact) mass is 252 g/mol. The highest BCUT2D eigenvalue weighted by Gasteiger charge is 2.25.